The topological polar surface area (TPSA) is 65.4 Å². The molecule has 1 N–H and O–H groups in total. The number of benzene rings is 3. The van der Waals surface area contributed by atoms with Crippen molar-refractivity contribution in [1.82, 2.24) is 9.78 Å². The molecule has 1 heterocycles. The molecule has 0 aliphatic rings. The summed E-state index contributed by atoms with van der Waals surface area (Å²) < 4.78 is 26.0. The Hall–Kier alpha value is -4.10. The zero-order chi connectivity index (χ0) is 25.5. The summed E-state index contributed by atoms with van der Waals surface area (Å²) >= 11 is 6.24. The van der Waals surface area contributed by atoms with Gasteiger partial charge in [0.15, 0.2) is 5.82 Å². The number of hydrogen-bond donors (Lipinski definition) is 1. The number of amides is 1. The van der Waals surface area contributed by atoms with E-state index in [0.29, 0.717) is 23.9 Å². The van der Waals surface area contributed by atoms with Gasteiger partial charge in [-0.3, -0.25) is 9.48 Å². The van der Waals surface area contributed by atoms with Crippen molar-refractivity contribution < 1.29 is 18.7 Å². The number of aromatic nitrogens is 2. The molecule has 0 spiro atoms. The first-order valence-electron chi connectivity index (χ1n) is 11.2. The molecule has 1 amide bonds. The van der Waals surface area contributed by atoms with Gasteiger partial charge in [0.05, 0.1) is 13.7 Å². The van der Waals surface area contributed by atoms with Crippen LogP contribution in [0.1, 0.15) is 22.3 Å². The Bertz CT molecular complexity index is 1370. The van der Waals surface area contributed by atoms with Crippen LogP contribution < -0.4 is 14.8 Å². The van der Waals surface area contributed by atoms with Crippen LogP contribution in [0.25, 0.3) is 6.08 Å². The van der Waals surface area contributed by atoms with Crippen molar-refractivity contribution in [3.8, 4) is 11.5 Å². The van der Waals surface area contributed by atoms with Crippen LogP contribution in [0.3, 0.4) is 0 Å². The molecule has 0 aliphatic carbocycles. The van der Waals surface area contributed by atoms with Gasteiger partial charge in [-0.15, -0.1) is 0 Å². The minimum Gasteiger partial charge on any atom is -0.496 e. The average molecular weight is 506 g/mol. The van der Waals surface area contributed by atoms with Crippen molar-refractivity contribution in [3.05, 3.63) is 112 Å². The first-order chi connectivity index (χ1) is 17.4. The van der Waals surface area contributed by atoms with E-state index in [4.69, 9.17) is 21.1 Å². The number of nitrogens with one attached hydrogen (secondary N) is 1. The molecule has 3 aromatic carbocycles. The quantitative estimate of drug-likeness (QED) is 0.272. The molecule has 0 saturated heterocycles. The number of anilines is 1. The number of rotatable bonds is 9. The zero-order valence-electron chi connectivity index (χ0n) is 19.9. The van der Waals surface area contributed by atoms with E-state index in [1.807, 2.05) is 49.4 Å². The summed E-state index contributed by atoms with van der Waals surface area (Å²) in [6, 6.07) is 19.5. The molecule has 0 saturated carbocycles. The summed E-state index contributed by atoms with van der Waals surface area (Å²) in [6.07, 6.45) is 4.70. The van der Waals surface area contributed by atoms with Gasteiger partial charge in [-0.2, -0.15) is 5.10 Å². The van der Waals surface area contributed by atoms with E-state index in [2.05, 4.69) is 10.4 Å². The highest BCUT2D eigenvalue weighted by molar-refractivity contribution is 6.33. The van der Waals surface area contributed by atoms with Crippen molar-refractivity contribution in [2.75, 3.05) is 12.4 Å². The molecule has 8 heteroatoms. The maximum absolute atomic E-state index is 13.1. The molecule has 0 aliphatic heterocycles. The minimum absolute atomic E-state index is 0.246. The Balaban J connectivity index is 1.39. The molecule has 1 aromatic heterocycles. The largest absolute Gasteiger partial charge is 0.496 e. The Labute approximate surface area is 213 Å². The van der Waals surface area contributed by atoms with Gasteiger partial charge in [-0.05, 0) is 60.5 Å². The molecular weight excluding hydrogens is 481 g/mol. The lowest BCUT2D eigenvalue weighted by molar-refractivity contribution is -0.111. The van der Waals surface area contributed by atoms with Crippen molar-refractivity contribution in [2.24, 2.45) is 0 Å². The number of carbonyl (C=O) groups excluding carboxylic acids is 1. The summed E-state index contributed by atoms with van der Waals surface area (Å²) in [5.74, 6) is 1.02. The molecule has 0 bridgehead atoms. The highest BCUT2D eigenvalue weighted by atomic mass is 35.5. The third kappa shape index (κ3) is 6.73. The average Bonchev–Trinajstić information content (AvgIpc) is 3.21. The fourth-order valence-electron chi connectivity index (χ4n) is 3.48. The summed E-state index contributed by atoms with van der Waals surface area (Å²) in [5, 5.41) is 7.30. The second kappa shape index (κ2) is 11.6. The van der Waals surface area contributed by atoms with E-state index in [1.54, 1.807) is 36.2 Å². The Morgan fingerprint density at radius 1 is 1.11 bits per heavy atom. The summed E-state index contributed by atoms with van der Waals surface area (Å²) in [5.41, 5.74) is 3.67. The van der Waals surface area contributed by atoms with Gasteiger partial charge in [0.1, 0.15) is 28.9 Å². The van der Waals surface area contributed by atoms with Gasteiger partial charge in [0.25, 0.3) is 0 Å². The lowest BCUT2D eigenvalue weighted by Gasteiger charge is -2.11. The summed E-state index contributed by atoms with van der Waals surface area (Å²) in [7, 11) is 1.60. The molecule has 0 radical (unpaired) electrons. The van der Waals surface area contributed by atoms with Gasteiger partial charge in [0, 0.05) is 17.8 Å². The summed E-state index contributed by atoms with van der Waals surface area (Å²) in [6.45, 7) is 2.73. The number of aryl methyl sites for hydroxylation is 1. The monoisotopic (exact) mass is 505 g/mol. The van der Waals surface area contributed by atoms with Crippen LogP contribution in [0.5, 0.6) is 11.5 Å². The van der Waals surface area contributed by atoms with E-state index in [9.17, 15) is 9.18 Å². The molecule has 0 fully saturated rings. The summed E-state index contributed by atoms with van der Waals surface area (Å²) in [4.78, 5) is 12.5. The van der Waals surface area contributed by atoms with Gasteiger partial charge < -0.3 is 14.8 Å². The van der Waals surface area contributed by atoms with Crippen LogP contribution in [0, 0.1) is 12.7 Å². The number of ether oxygens (including phenoxy) is 2. The first kappa shape index (κ1) is 25.0. The first-order valence-corrected chi connectivity index (χ1v) is 11.6. The Kier molecular flexibility index (Phi) is 8.02. The second-order valence-electron chi connectivity index (χ2n) is 8.15. The van der Waals surface area contributed by atoms with E-state index in [-0.39, 0.29) is 17.5 Å². The molecule has 0 atom stereocenters. The van der Waals surface area contributed by atoms with Gasteiger partial charge in [-0.25, -0.2) is 4.39 Å². The number of nitrogens with zero attached hydrogens (tertiary/aromatic N) is 2. The molecule has 6 nitrogen and oxygen atoms in total. The fraction of sp³-hybridized carbons (Fsp3) is 0.143. The van der Waals surface area contributed by atoms with E-state index in [1.165, 1.54) is 18.2 Å². The lowest BCUT2D eigenvalue weighted by Crippen LogP contribution is -2.09. The maximum atomic E-state index is 13.1. The molecule has 4 rings (SSSR count). The molecular formula is C28H25ClFN3O3. The van der Waals surface area contributed by atoms with Crippen LogP contribution >= 0.6 is 11.6 Å². The number of hydrogen-bond acceptors (Lipinski definition) is 4. The highest BCUT2D eigenvalue weighted by Gasteiger charge is 2.10. The van der Waals surface area contributed by atoms with E-state index >= 15 is 0 Å². The SMILES string of the molecule is COc1ccc(/C=C/C(=O)Nc2nn(Cc3ccc(F)cc3)cc2Cl)cc1COc1ccc(C)cc1. The fourth-order valence-corrected chi connectivity index (χ4v) is 3.68. The van der Waals surface area contributed by atoms with Crippen molar-refractivity contribution >= 4 is 29.4 Å². The van der Waals surface area contributed by atoms with Crippen LogP contribution in [0.4, 0.5) is 10.2 Å². The highest BCUT2D eigenvalue weighted by Crippen LogP contribution is 2.24. The van der Waals surface area contributed by atoms with Crippen molar-refractivity contribution in [1.29, 1.82) is 0 Å². The van der Waals surface area contributed by atoms with Crippen molar-refractivity contribution in [3.63, 3.8) is 0 Å². The number of carbonyl (C=O) groups is 1. The normalized spacial score (nSPS) is 11.0. The van der Waals surface area contributed by atoms with Crippen LogP contribution in [-0.2, 0) is 17.9 Å². The van der Waals surface area contributed by atoms with Crippen molar-refractivity contribution in [2.45, 2.75) is 20.1 Å². The van der Waals surface area contributed by atoms with Gasteiger partial charge >= 0.3 is 0 Å². The van der Waals surface area contributed by atoms with Crippen LogP contribution in [-0.4, -0.2) is 22.8 Å². The molecule has 184 valence electrons. The lowest BCUT2D eigenvalue weighted by atomic mass is 10.1. The third-order valence-electron chi connectivity index (χ3n) is 5.36. The number of halogens is 2. The predicted molar refractivity (Wildman–Crippen MR) is 139 cm³/mol. The van der Waals surface area contributed by atoms with Gasteiger partial charge in [-0.1, -0.05) is 47.5 Å². The Morgan fingerprint density at radius 3 is 2.58 bits per heavy atom. The second-order valence-corrected chi connectivity index (χ2v) is 8.55. The minimum atomic E-state index is -0.378. The molecule has 36 heavy (non-hydrogen) atoms. The number of methoxy groups -OCH3 is 1. The predicted octanol–water partition coefficient (Wildman–Crippen LogP) is 6.27. The van der Waals surface area contributed by atoms with Crippen LogP contribution in [0.15, 0.2) is 79.0 Å². The third-order valence-corrected chi connectivity index (χ3v) is 5.64. The van der Waals surface area contributed by atoms with E-state index < -0.39 is 0 Å². The smallest absolute Gasteiger partial charge is 0.249 e. The Morgan fingerprint density at radius 2 is 1.86 bits per heavy atom. The molecule has 0 unspecified atom stereocenters. The molecule has 4 aromatic rings. The standard InChI is InChI=1S/C28H25ClFN3O3/c1-19-3-11-24(12-4-19)36-18-22-15-20(7-13-26(22)35-2)8-14-27(34)31-28-25(29)17-33(32-28)16-21-5-9-23(30)10-6-21/h3-15,17H,16,18H2,1-2H3,(H,31,32,34)/b14-8+. The maximum Gasteiger partial charge on any atom is 0.249 e. The van der Waals surface area contributed by atoms with E-state index in [0.717, 1.165) is 28.0 Å². The van der Waals surface area contributed by atoms with Gasteiger partial charge in [0.2, 0.25) is 5.91 Å². The zero-order valence-corrected chi connectivity index (χ0v) is 20.6. The van der Waals surface area contributed by atoms with Crippen LogP contribution in [0.2, 0.25) is 5.02 Å².